The Morgan fingerprint density at radius 2 is 1.19 bits per heavy atom. The van der Waals surface area contributed by atoms with Gasteiger partial charge in [-0.25, -0.2) is 37.3 Å². The SMILES string of the molecule is Cc1c([S+](C)C)c2ccccn2c1[S+](C)C.[O-][Cl+3]([O-])([O-])[O-].[O-][Cl+3]([O-])([O-])[O-]. The van der Waals surface area contributed by atoms with Crippen molar-refractivity contribution in [2.45, 2.75) is 16.8 Å². The summed E-state index contributed by atoms with van der Waals surface area (Å²) in [7, 11) is -9.26. The molecule has 2 aromatic rings. The fourth-order valence-corrected chi connectivity index (χ4v) is 4.92. The van der Waals surface area contributed by atoms with Crippen LogP contribution >= 0.6 is 0 Å². The number of nitrogens with zero attached hydrogens (tertiary/aromatic N) is 1. The maximum atomic E-state index is 8.49. The standard InChI is InChI=1S/C13H19NS2.2ClHO4/c1-10-12(15(2)3)11-8-6-7-9-14(11)13(10)16(4)5;2*2-1(3,4)5/h6-9H,1-5H3;2*(H,2,3,4,5)/q+2;;/p-2. The first kappa shape index (κ1) is 25.7. The summed E-state index contributed by atoms with van der Waals surface area (Å²) in [6, 6.07) is 6.50. The van der Waals surface area contributed by atoms with Gasteiger partial charge in [-0.3, -0.25) is 4.40 Å². The summed E-state index contributed by atoms with van der Waals surface area (Å²) in [5.41, 5.74) is 2.89. The maximum Gasteiger partial charge on any atom is 0.239 e. The molecule has 0 radical (unpaired) electrons. The molecule has 0 aromatic carbocycles. The Hall–Kier alpha value is -0.280. The Bertz CT molecular complexity index is 629. The molecule has 0 bridgehead atoms. The van der Waals surface area contributed by atoms with E-state index in [4.69, 9.17) is 37.3 Å². The highest BCUT2D eigenvalue weighted by molar-refractivity contribution is 7.96. The Balaban J connectivity index is 0.000000520. The van der Waals surface area contributed by atoms with Crippen molar-refractivity contribution in [2.75, 3.05) is 25.0 Å². The van der Waals surface area contributed by atoms with Crippen LogP contribution in [-0.4, -0.2) is 29.4 Å². The number of hydrogen-bond acceptors (Lipinski definition) is 8. The van der Waals surface area contributed by atoms with Gasteiger partial charge in [-0.2, -0.15) is 0 Å². The molecule has 0 amide bonds. The minimum atomic E-state index is -4.94. The van der Waals surface area contributed by atoms with Crippen LogP contribution in [0.2, 0.25) is 0 Å². The van der Waals surface area contributed by atoms with Crippen LogP contribution < -0.4 is 37.3 Å². The second-order valence-corrected chi connectivity index (χ2v) is 10.7. The van der Waals surface area contributed by atoms with Gasteiger partial charge in [0.2, 0.25) is 5.03 Å². The van der Waals surface area contributed by atoms with Crippen LogP contribution in [0.4, 0.5) is 0 Å². The second kappa shape index (κ2) is 10.3. The molecule has 150 valence electrons. The predicted octanol–water partition coefficient (Wildman–Crippen LogP) is -6.79. The van der Waals surface area contributed by atoms with E-state index in [0.717, 1.165) is 0 Å². The van der Waals surface area contributed by atoms with Crippen LogP contribution in [0.5, 0.6) is 0 Å². The van der Waals surface area contributed by atoms with E-state index >= 15 is 0 Å². The molecule has 2 heterocycles. The lowest BCUT2D eigenvalue weighted by Crippen LogP contribution is -2.68. The molecule has 2 aromatic heterocycles. The van der Waals surface area contributed by atoms with Gasteiger partial charge in [0, 0.05) is 28.0 Å². The third-order valence-corrected chi connectivity index (χ3v) is 5.38. The summed E-state index contributed by atoms with van der Waals surface area (Å²) in [6.45, 7) is 2.28. The van der Waals surface area contributed by atoms with Gasteiger partial charge < -0.3 is 0 Å². The van der Waals surface area contributed by atoms with Gasteiger partial charge >= 0.3 is 0 Å². The van der Waals surface area contributed by atoms with Crippen molar-refractivity contribution in [1.82, 2.24) is 4.40 Å². The molecular formula is C13H19Cl2NO8S2. The van der Waals surface area contributed by atoms with Crippen LogP contribution in [-0.2, 0) is 21.8 Å². The minimum Gasteiger partial charge on any atom is -0.273 e. The molecule has 13 heteroatoms. The zero-order valence-corrected chi connectivity index (χ0v) is 17.7. The van der Waals surface area contributed by atoms with Crippen LogP contribution in [0.15, 0.2) is 34.3 Å². The van der Waals surface area contributed by atoms with Crippen molar-refractivity contribution in [3.05, 3.63) is 30.0 Å². The lowest BCUT2D eigenvalue weighted by Gasteiger charge is -2.17. The second-order valence-electron chi connectivity index (χ2n) is 5.10. The van der Waals surface area contributed by atoms with Crippen molar-refractivity contribution in [3.8, 4) is 0 Å². The van der Waals surface area contributed by atoms with Gasteiger partial charge in [0.25, 0.3) is 0 Å². The lowest BCUT2D eigenvalue weighted by molar-refractivity contribution is -2.00. The number of halogens is 2. The third-order valence-electron chi connectivity index (χ3n) is 2.77. The van der Waals surface area contributed by atoms with Crippen molar-refractivity contribution in [2.24, 2.45) is 0 Å². The average molecular weight is 452 g/mol. The molecule has 0 N–H and O–H groups in total. The third kappa shape index (κ3) is 10.2. The van der Waals surface area contributed by atoms with Gasteiger partial charge in [-0.15, -0.1) is 20.5 Å². The van der Waals surface area contributed by atoms with Gasteiger partial charge in [-0.05, 0) is 19.1 Å². The zero-order valence-electron chi connectivity index (χ0n) is 14.6. The van der Waals surface area contributed by atoms with Gasteiger partial charge in [0.1, 0.15) is 30.5 Å². The number of hydrogen-bond donors (Lipinski definition) is 0. The predicted molar refractivity (Wildman–Crippen MR) is 77.1 cm³/mol. The number of pyridine rings is 1. The van der Waals surface area contributed by atoms with Crippen LogP contribution in [0, 0.1) is 27.4 Å². The Morgan fingerprint density at radius 3 is 1.54 bits per heavy atom. The highest BCUT2D eigenvalue weighted by atomic mass is 35.7. The number of fused-ring (bicyclic) bond motifs is 1. The smallest absolute Gasteiger partial charge is 0.239 e. The molecule has 2 rings (SSSR count). The van der Waals surface area contributed by atoms with Gasteiger partial charge in [0.15, 0.2) is 4.90 Å². The summed E-state index contributed by atoms with van der Waals surface area (Å²) in [5, 5.41) is 1.49. The molecule has 0 aliphatic rings. The average Bonchev–Trinajstić information content (AvgIpc) is 2.66. The van der Waals surface area contributed by atoms with Crippen molar-refractivity contribution in [3.63, 3.8) is 0 Å². The largest absolute Gasteiger partial charge is 0.273 e. The topological polar surface area (TPSA) is 189 Å². The van der Waals surface area contributed by atoms with E-state index in [1.807, 2.05) is 0 Å². The summed E-state index contributed by atoms with van der Waals surface area (Å²) < 4.78 is 70.3. The monoisotopic (exact) mass is 451 g/mol. The quantitative estimate of drug-likeness (QED) is 0.402. The maximum absolute atomic E-state index is 8.49. The number of aromatic nitrogens is 1. The molecule has 0 aliphatic heterocycles. The molecule has 0 aliphatic carbocycles. The van der Waals surface area contributed by atoms with E-state index in [1.54, 1.807) is 0 Å². The molecule has 0 spiro atoms. The summed E-state index contributed by atoms with van der Waals surface area (Å²) in [4.78, 5) is 1.54. The van der Waals surface area contributed by atoms with Crippen LogP contribution in [0.25, 0.3) is 5.52 Å². The van der Waals surface area contributed by atoms with Crippen molar-refractivity contribution < 1.29 is 57.8 Å². The van der Waals surface area contributed by atoms with Crippen LogP contribution in [0.3, 0.4) is 0 Å². The summed E-state index contributed by atoms with van der Waals surface area (Å²) in [6.07, 6.45) is 11.4. The van der Waals surface area contributed by atoms with Crippen molar-refractivity contribution in [1.29, 1.82) is 0 Å². The number of rotatable bonds is 2. The molecule has 26 heavy (non-hydrogen) atoms. The van der Waals surface area contributed by atoms with E-state index in [9.17, 15) is 0 Å². The first-order valence-electron chi connectivity index (χ1n) is 6.52. The Kier molecular flexibility index (Phi) is 10.2. The first-order chi connectivity index (χ1) is 11.5. The fraction of sp³-hybridized carbons (Fsp3) is 0.385. The highest BCUT2D eigenvalue weighted by Gasteiger charge is 2.29. The van der Waals surface area contributed by atoms with Crippen LogP contribution in [0.1, 0.15) is 5.56 Å². The fourth-order valence-electron chi connectivity index (χ4n) is 2.29. The molecule has 0 saturated carbocycles. The first-order valence-corrected chi connectivity index (χ1v) is 13.1. The molecule has 0 saturated heterocycles. The van der Waals surface area contributed by atoms with Gasteiger partial charge in [-0.1, -0.05) is 6.07 Å². The van der Waals surface area contributed by atoms with E-state index in [2.05, 4.69) is 60.7 Å². The lowest BCUT2D eigenvalue weighted by atomic mass is 10.3. The Labute approximate surface area is 161 Å². The zero-order chi connectivity index (χ0) is 20.9. The van der Waals surface area contributed by atoms with E-state index in [-0.39, 0.29) is 0 Å². The van der Waals surface area contributed by atoms with E-state index in [1.165, 1.54) is 21.0 Å². The molecule has 0 unspecified atom stereocenters. The minimum absolute atomic E-state index is 0.307. The molecule has 0 fully saturated rings. The van der Waals surface area contributed by atoms with E-state index in [0.29, 0.717) is 21.8 Å². The van der Waals surface area contributed by atoms with Gasteiger partial charge in [0.05, 0.1) is 5.56 Å². The highest BCUT2D eigenvalue weighted by Crippen LogP contribution is 2.30. The molecule has 0 atom stereocenters. The van der Waals surface area contributed by atoms with Crippen molar-refractivity contribution >= 4 is 27.3 Å². The summed E-state index contributed by atoms with van der Waals surface area (Å²) in [5.74, 6) is 0. The molecular weight excluding hydrogens is 433 g/mol. The molecule has 9 nitrogen and oxygen atoms in total. The summed E-state index contributed by atoms with van der Waals surface area (Å²) >= 11 is 0. The van der Waals surface area contributed by atoms with E-state index < -0.39 is 20.5 Å². The Morgan fingerprint density at radius 1 is 0.769 bits per heavy atom. The normalized spacial score (nSPS) is 12.0.